The molecule has 0 saturated heterocycles. The van der Waals surface area contributed by atoms with Crippen LogP contribution in [0.5, 0.6) is 0 Å². The summed E-state index contributed by atoms with van der Waals surface area (Å²) < 4.78 is 12.7. The van der Waals surface area contributed by atoms with E-state index in [2.05, 4.69) is 20.8 Å². The van der Waals surface area contributed by atoms with Crippen molar-refractivity contribution in [2.45, 2.75) is 0 Å². The van der Waals surface area contributed by atoms with Gasteiger partial charge in [0.25, 0.3) is 5.91 Å². The van der Waals surface area contributed by atoms with Gasteiger partial charge in [-0.1, -0.05) is 0 Å². The molecule has 2 N–H and O–H groups in total. The SMILES string of the molecule is O=C(CNc1ccc(F)cc1)NN=Cc1ccncc1. The number of hydrogen-bond donors (Lipinski definition) is 2. The monoisotopic (exact) mass is 272 g/mol. The van der Waals surface area contributed by atoms with Gasteiger partial charge in [0.2, 0.25) is 0 Å². The second-order valence-corrected chi connectivity index (χ2v) is 3.93. The van der Waals surface area contributed by atoms with Gasteiger partial charge in [-0.2, -0.15) is 5.10 Å². The molecule has 1 aromatic heterocycles. The molecule has 0 aliphatic carbocycles. The van der Waals surface area contributed by atoms with E-state index in [1.54, 1.807) is 36.7 Å². The van der Waals surface area contributed by atoms with E-state index in [0.717, 1.165) is 5.56 Å². The van der Waals surface area contributed by atoms with Gasteiger partial charge in [0.15, 0.2) is 0 Å². The summed E-state index contributed by atoms with van der Waals surface area (Å²) in [7, 11) is 0. The molecule has 0 unspecified atom stereocenters. The number of anilines is 1. The van der Waals surface area contributed by atoms with Crippen LogP contribution in [0.4, 0.5) is 10.1 Å². The Labute approximate surface area is 115 Å². The largest absolute Gasteiger partial charge is 0.376 e. The van der Waals surface area contributed by atoms with E-state index < -0.39 is 0 Å². The van der Waals surface area contributed by atoms with E-state index in [0.29, 0.717) is 5.69 Å². The highest BCUT2D eigenvalue weighted by molar-refractivity contribution is 5.84. The van der Waals surface area contributed by atoms with Crippen molar-refractivity contribution in [3.05, 3.63) is 60.2 Å². The zero-order chi connectivity index (χ0) is 14.2. The number of nitrogens with zero attached hydrogens (tertiary/aromatic N) is 2. The summed E-state index contributed by atoms with van der Waals surface area (Å²) in [6, 6.07) is 9.30. The van der Waals surface area contributed by atoms with Gasteiger partial charge < -0.3 is 5.32 Å². The Morgan fingerprint density at radius 3 is 2.60 bits per heavy atom. The molecule has 0 aliphatic rings. The highest BCUT2D eigenvalue weighted by atomic mass is 19.1. The standard InChI is InChI=1S/C14H13FN4O/c15-12-1-3-13(4-2-12)17-10-14(20)19-18-9-11-5-7-16-8-6-11/h1-9,17H,10H2,(H,19,20). The first-order valence-corrected chi connectivity index (χ1v) is 5.95. The molecule has 5 nitrogen and oxygen atoms in total. The predicted octanol–water partition coefficient (Wildman–Crippen LogP) is 1.78. The van der Waals surface area contributed by atoms with E-state index in [1.807, 2.05) is 0 Å². The Bertz CT molecular complexity index is 584. The summed E-state index contributed by atoms with van der Waals surface area (Å²) in [5.41, 5.74) is 3.89. The molecule has 6 heteroatoms. The summed E-state index contributed by atoms with van der Waals surface area (Å²) in [6.45, 7) is 0.0549. The lowest BCUT2D eigenvalue weighted by Gasteiger charge is -2.04. The molecule has 2 rings (SSSR count). The minimum Gasteiger partial charge on any atom is -0.376 e. The predicted molar refractivity (Wildman–Crippen MR) is 74.9 cm³/mol. The van der Waals surface area contributed by atoms with Gasteiger partial charge in [0.1, 0.15) is 5.82 Å². The van der Waals surface area contributed by atoms with Gasteiger partial charge in [0, 0.05) is 18.1 Å². The average molecular weight is 272 g/mol. The number of halogens is 1. The first-order valence-electron chi connectivity index (χ1n) is 5.95. The second-order valence-electron chi connectivity index (χ2n) is 3.93. The molecule has 1 heterocycles. The third-order valence-electron chi connectivity index (χ3n) is 2.41. The van der Waals surface area contributed by atoms with Crippen molar-refractivity contribution in [1.29, 1.82) is 0 Å². The van der Waals surface area contributed by atoms with E-state index in [4.69, 9.17) is 0 Å². The Kier molecular flexibility index (Phi) is 4.77. The maximum Gasteiger partial charge on any atom is 0.259 e. The third kappa shape index (κ3) is 4.49. The number of amides is 1. The maximum atomic E-state index is 12.7. The van der Waals surface area contributed by atoms with Gasteiger partial charge in [0.05, 0.1) is 12.8 Å². The van der Waals surface area contributed by atoms with Crippen molar-refractivity contribution in [1.82, 2.24) is 10.4 Å². The molecule has 1 aromatic carbocycles. The number of benzene rings is 1. The maximum absolute atomic E-state index is 12.7. The number of hydrazone groups is 1. The van der Waals surface area contributed by atoms with Crippen molar-refractivity contribution in [3.63, 3.8) is 0 Å². The number of rotatable bonds is 5. The molecule has 102 valence electrons. The van der Waals surface area contributed by atoms with Crippen molar-refractivity contribution < 1.29 is 9.18 Å². The molecule has 0 fully saturated rings. The van der Waals surface area contributed by atoms with Crippen LogP contribution >= 0.6 is 0 Å². The highest BCUT2D eigenvalue weighted by Crippen LogP contribution is 2.07. The Hall–Kier alpha value is -2.76. The lowest BCUT2D eigenvalue weighted by molar-refractivity contribution is -0.119. The molecular formula is C14H13FN4O. The van der Waals surface area contributed by atoms with E-state index in [-0.39, 0.29) is 18.3 Å². The van der Waals surface area contributed by atoms with Crippen LogP contribution in [0.2, 0.25) is 0 Å². The number of nitrogens with one attached hydrogen (secondary N) is 2. The van der Waals surface area contributed by atoms with Crippen LogP contribution in [0.1, 0.15) is 5.56 Å². The summed E-state index contributed by atoms with van der Waals surface area (Å²) in [6.07, 6.45) is 4.80. The normalized spacial score (nSPS) is 10.4. The molecule has 20 heavy (non-hydrogen) atoms. The Morgan fingerprint density at radius 2 is 1.90 bits per heavy atom. The first-order chi connectivity index (χ1) is 9.74. The van der Waals surface area contributed by atoms with Gasteiger partial charge in [-0.15, -0.1) is 0 Å². The van der Waals surface area contributed by atoms with Gasteiger partial charge >= 0.3 is 0 Å². The van der Waals surface area contributed by atoms with Crippen molar-refractivity contribution in [2.75, 3.05) is 11.9 Å². The minimum atomic E-state index is -0.318. The van der Waals surface area contributed by atoms with Gasteiger partial charge in [-0.3, -0.25) is 9.78 Å². The van der Waals surface area contributed by atoms with Gasteiger partial charge in [-0.05, 0) is 42.0 Å². The fourth-order valence-electron chi connectivity index (χ4n) is 1.42. The van der Waals surface area contributed by atoms with Crippen LogP contribution in [-0.2, 0) is 4.79 Å². The van der Waals surface area contributed by atoms with Crippen LogP contribution in [0.15, 0.2) is 53.9 Å². The molecule has 0 aliphatic heterocycles. The van der Waals surface area contributed by atoms with Crippen LogP contribution in [0, 0.1) is 5.82 Å². The smallest absolute Gasteiger partial charge is 0.259 e. The van der Waals surface area contributed by atoms with Crippen LogP contribution in [-0.4, -0.2) is 23.7 Å². The molecule has 0 atom stereocenters. The lowest BCUT2D eigenvalue weighted by Crippen LogP contribution is -2.25. The number of pyridine rings is 1. The van der Waals surface area contributed by atoms with Crippen molar-refractivity contribution in [3.8, 4) is 0 Å². The van der Waals surface area contributed by atoms with Crippen molar-refractivity contribution >= 4 is 17.8 Å². The van der Waals surface area contributed by atoms with E-state index >= 15 is 0 Å². The number of hydrogen-bond acceptors (Lipinski definition) is 4. The average Bonchev–Trinajstić information content (AvgIpc) is 2.48. The van der Waals surface area contributed by atoms with Crippen molar-refractivity contribution in [2.24, 2.45) is 5.10 Å². The summed E-state index contributed by atoms with van der Waals surface area (Å²) in [5.74, 6) is -0.610. The number of carbonyl (C=O) groups excluding carboxylic acids is 1. The first kappa shape index (κ1) is 13.7. The lowest BCUT2D eigenvalue weighted by atomic mass is 10.3. The van der Waals surface area contributed by atoms with E-state index in [9.17, 15) is 9.18 Å². The fourth-order valence-corrected chi connectivity index (χ4v) is 1.42. The zero-order valence-electron chi connectivity index (χ0n) is 10.6. The third-order valence-corrected chi connectivity index (χ3v) is 2.41. The van der Waals surface area contributed by atoms with Gasteiger partial charge in [-0.25, -0.2) is 9.82 Å². The molecule has 2 aromatic rings. The second kappa shape index (κ2) is 6.98. The van der Waals surface area contributed by atoms with E-state index in [1.165, 1.54) is 18.3 Å². The summed E-state index contributed by atoms with van der Waals surface area (Å²) in [4.78, 5) is 15.4. The van der Waals surface area contributed by atoms with Crippen LogP contribution in [0.25, 0.3) is 0 Å². The topological polar surface area (TPSA) is 66.4 Å². The fraction of sp³-hybridized carbons (Fsp3) is 0.0714. The molecule has 0 bridgehead atoms. The molecular weight excluding hydrogens is 259 g/mol. The number of aromatic nitrogens is 1. The zero-order valence-corrected chi connectivity index (χ0v) is 10.6. The minimum absolute atomic E-state index is 0.0549. The number of carbonyl (C=O) groups is 1. The molecule has 0 spiro atoms. The summed E-state index contributed by atoms with van der Waals surface area (Å²) in [5, 5.41) is 6.67. The molecule has 1 amide bonds. The summed E-state index contributed by atoms with van der Waals surface area (Å²) >= 11 is 0. The molecule has 0 saturated carbocycles. The van der Waals surface area contributed by atoms with Crippen LogP contribution in [0.3, 0.4) is 0 Å². The Morgan fingerprint density at radius 1 is 1.20 bits per heavy atom. The Balaban J connectivity index is 1.76. The quantitative estimate of drug-likeness (QED) is 0.644. The highest BCUT2D eigenvalue weighted by Gasteiger charge is 1.99. The molecule has 0 radical (unpaired) electrons. The van der Waals surface area contributed by atoms with Crippen LogP contribution < -0.4 is 10.7 Å².